The fourth-order valence-electron chi connectivity index (χ4n) is 12.9. The highest BCUT2D eigenvalue weighted by atomic mass is 31.2. The Morgan fingerprint density at radius 1 is 0.284 bits per heavy atom. The van der Waals surface area contributed by atoms with Crippen molar-refractivity contribution in [2.24, 2.45) is 11.8 Å². The van der Waals surface area contributed by atoms with Crippen LogP contribution in [0.4, 0.5) is 0 Å². The highest BCUT2D eigenvalue weighted by Crippen LogP contribution is 2.45. The zero-order valence-electron chi connectivity index (χ0n) is 66.9. The van der Waals surface area contributed by atoms with E-state index in [1.807, 2.05) is 0 Å². The van der Waals surface area contributed by atoms with Crippen LogP contribution in [0.3, 0.4) is 0 Å². The number of phosphoric ester groups is 2. The summed E-state index contributed by atoms with van der Waals surface area (Å²) >= 11 is 0. The highest BCUT2D eigenvalue weighted by molar-refractivity contribution is 7.47. The van der Waals surface area contributed by atoms with E-state index in [9.17, 15) is 43.2 Å². The van der Waals surface area contributed by atoms with Crippen molar-refractivity contribution >= 4 is 39.5 Å². The van der Waals surface area contributed by atoms with Gasteiger partial charge in [-0.15, -0.1) is 0 Å². The Morgan fingerprint density at radius 2 is 0.500 bits per heavy atom. The predicted molar refractivity (Wildman–Crippen MR) is 418 cm³/mol. The molecule has 0 aliphatic carbocycles. The SMILES string of the molecule is CCCCCCCCCCCCCCCCCCCCCCC(=O)O[C@H](COC(=O)CCCCCCCCCCCCCCCCCC)COP(=O)(O)OC[C@@H](O)COP(=O)(O)OC[C@@H](COC(=O)CCCCCCCCCCCC(C)C)OC(=O)CCCCCCCCCCCCC(C)CC. The van der Waals surface area contributed by atoms with Gasteiger partial charge in [0.1, 0.15) is 19.3 Å². The van der Waals surface area contributed by atoms with Crippen molar-refractivity contribution in [3.05, 3.63) is 0 Å². The smallest absolute Gasteiger partial charge is 0.462 e. The summed E-state index contributed by atoms with van der Waals surface area (Å²) in [5.41, 5.74) is 0. The van der Waals surface area contributed by atoms with E-state index in [1.165, 1.54) is 257 Å². The third-order valence-electron chi connectivity index (χ3n) is 19.8. The van der Waals surface area contributed by atoms with Crippen molar-refractivity contribution in [2.45, 2.75) is 458 Å². The molecule has 6 atom stereocenters. The molecule has 3 unspecified atom stereocenters. The average Bonchev–Trinajstić information content (AvgIpc) is 0.940. The number of hydrogen-bond donors (Lipinski definition) is 3. The summed E-state index contributed by atoms with van der Waals surface area (Å²) in [5.74, 6) is -0.559. The summed E-state index contributed by atoms with van der Waals surface area (Å²) in [6.45, 7) is 9.66. The molecular formula is C83H162O17P2. The zero-order valence-corrected chi connectivity index (χ0v) is 68.7. The summed E-state index contributed by atoms with van der Waals surface area (Å²) < 4.78 is 68.8. The number of phosphoric acid groups is 2. The Morgan fingerprint density at radius 3 is 0.745 bits per heavy atom. The van der Waals surface area contributed by atoms with E-state index in [-0.39, 0.29) is 25.7 Å². The molecule has 0 radical (unpaired) electrons. The lowest BCUT2D eigenvalue weighted by Gasteiger charge is -2.21. The van der Waals surface area contributed by atoms with Gasteiger partial charge in [-0.1, -0.05) is 388 Å². The van der Waals surface area contributed by atoms with Crippen LogP contribution < -0.4 is 0 Å². The number of ether oxygens (including phenoxy) is 4. The van der Waals surface area contributed by atoms with E-state index < -0.39 is 97.5 Å². The minimum atomic E-state index is -4.96. The molecule has 0 aliphatic rings. The van der Waals surface area contributed by atoms with E-state index in [0.717, 1.165) is 102 Å². The van der Waals surface area contributed by atoms with Crippen LogP contribution >= 0.6 is 15.6 Å². The van der Waals surface area contributed by atoms with Crippen LogP contribution in [-0.4, -0.2) is 96.7 Å². The topological polar surface area (TPSA) is 237 Å². The van der Waals surface area contributed by atoms with Crippen LogP contribution in [0.1, 0.15) is 440 Å². The van der Waals surface area contributed by atoms with Crippen LogP contribution in [0.15, 0.2) is 0 Å². The summed E-state index contributed by atoms with van der Waals surface area (Å²) in [6.07, 6.45) is 65.2. The van der Waals surface area contributed by atoms with Crippen molar-refractivity contribution < 1.29 is 80.2 Å². The minimum absolute atomic E-state index is 0.106. The number of esters is 4. The van der Waals surface area contributed by atoms with Crippen molar-refractivity contribution in [1.29, 1.82) is 0 Å². The first-order chi connectivity index (χ1) is 49.4. The molecule has 0 aromatic heterocycles. The highest BCUT2D eigenvalue weighted by Gasteiger charge is 2.30. The molecule has 0 saturated heterocycles. The van der Waals surface area contributed by atoms with E-state index in [4.69, 9.17) is 37.0 Å². The zero-order chi connectivity index (χ0) is 74.9. The second-order valence-electron chi connectivity index (χ2n) is 30.6. The van der Waals surface area contributed by atoms with E-state index >= 15 is 0 Å². The van der Waals surface area contributed by atoms with Crippen molar-refractivity contribution in [2.75, 3.05) is 39.6 Å². The van der Waals surface area contributed by atoms with Crippen LogP contribution in [0.5, 0.6) is 0 Å². The maximum absolute atomic E-state index is 13.1. The molecule has 0 aliphatic heterocycles. The fraction of sp³-hybridized carbons (Fsp3) is 0.952. The van der Waals surface area contributed by atoms with Crippen LogP contribution in [0, 0.1) is 11.8 Å². The number of aliphatic hydroxyl groups excluding tert-OH is 1. The molecule has 0 amide bonds. The number of unbranched alkanes of at least 4 members (excludes halogenated alkanes) is 51. The van der Waals surface area contributed by atoms with Gasteiger partial charge in [-0.3, -0.25) is 37.3 Å². The summed E-state index contributed by atoms with van der Waals surface area (Å²) in [4.78, 5) is 73.1. The molecule has 0 bridgehead atoms. The van der Waals surface area contributed by atoms with Crippen LogP contribution in [0.25, 0.3) is 0 Å². The molecule has 17 nitrogen and oxygen atoms in total. The number of rotatable bonds is 82. The number of carbonyl (C=O) groups is 4. The maximum Gasteiger partial charge on any atom is 0.472 e. The monoisotopic (exact) mass is 1490 g/mol. The third-order valence-corrected chi connectivity index (χ3v) is 21.7. The Kier molecular flexibility index (Phi) is 73.1. The number of carbonyl (C=O) groups excluding carboxylic acids is 4. The molecule has 3 N–H and O–H groups in total. The molecule has 0 spiro atoms. The Balaban J connectivity index is 5.25. The third kappa shape index (κ3) is 74.9. The Bertz CT molecular complexity index is 1960. The normalized spacial score (nSPS) is 14.1. The second-order valence-corrected chi connectivity index (χ2v) is 33.5. The van der Waals surface area contributed by atoms with Gasteiger partial charge in [-0.2, -0.15) is 0 Å². The van der Waals surface area contributed by atoms with Crippen LogP contribution in [-0.2, 0) is 65.4 Å². The molecule has 0 saturated carbocycles. The molecular weight excluding hydrogens is 1330 g/mol. The van der Waals surface area contributed by atoms with Gasteiger partial charge in [0, 0.05) is 25.7 Å². The lowest BCUT2D eigenvalue weighted by Crippen LogP contribution is -2.30. The standard InChI is InChI=1S/C83H162O17P2/c1-7-10-12-14-16-18-20-22-24-26-27-28-29-31-33-35-42-49-55-61-67-82(87)99-78(71-93-80(85)65-59-53-47-41-34-32-30-25-23-21-19-17-15-13-11-8-2)73-97-101(89,90)95-69-77(84)70-96-102(91,92)98-74-79(72-94-81(86)66-60-54-48-44-38-39-45-51-57-63-75(4)5)100-83(88)68-62-56-50-43-37-36-40-46-52-58-64-76(6)9-3/h75-79,84H,7-74H2,1-6H3,(H,89,90)(H,91,92)/t76?,77-,78-,79-/m1/s1. The maximum atomic E-state index is 13.1. The summed E-state index contributed by atoms with van der Waals surface area (Å²) in [6, 6.07) is 0. The van der Waals surface area contributed by atoms with Gasteiger partial charge < -0.3 is 33.8 Å². The summed E-state index contributed by atoms with van der Waals surface area (Å²) in [5, 5.41) is 10.7. The molecule has 0 aromatic carbocycles. The molecule has 0 fully saturated rings. The predicted octanol–water partition coefficient (Wildman–Crippen LogP) is 25.1. The molecule has 0 aromatic rings. The van der Waals surface area contributed by atoms with E-state index in [2.05, 4.69) is 41.5 Å². The van der Waals surface area contributed by atoms with Gasteiger partial charge in [0.25, 0.3) is 0 Å². The first-order valence-electron chi connectivity index (χ1n) is 43.0. The van der Waals surface area contributed by atoms with Gasteiger partial charge in [-0.05, 0) is 37.5 Å². The van der Waals surface area contributed by atoms with Crippen molar-refractivity contribution in [3.8, 4) is 0 Å². The van der Waals surface area contributed by atoms with Gasteiger partial charge >= 0.3 is 39.5 Å². The van der Waals surface area contributed by atoms with Crippen molar-refractivity contribution in [1.82, 2.24) is 0 Å². The van der Waals surface area contributed by atoms with Gasteiger partial charge in [0.2, 0.25) is 0 Å². The van der Waals surface area contributed by atoms with Gasteiger partial charge in [0.05, 0.1) is 26.4 Å². The Labute approximate surface area is 626 Å². The van der Waals surface area contributed by atoms with Crippen molar-refractivity contribution in [3.63, 3.8) is 0 Å². The van der Waals surface area contributed by atoms with Crippen LogP contribution in [0.2, 0.25) is 0 Å². The lowest BCUT2D eigenvalue weighted by atomic mass is 9.99. The minimum Gasteiger partial charge on any atom is -0.462 e. The molecule has 0 heterocycles. The number of aliphatic hydroxyl groups is 1. The molecule has 102 heavy (non-hydrogen) atoms. The summed E-state index contributed by atoms with van der Waals surface area (Å²) in [7, 11) is -9.92. The largest absolute Gasteiger partial charge is 0.472 e. The van der Waals surface area contributed by atoms with Gasteiger partial charge in [0.15, 0.2) is 12.2 Å². The quantitative estimate of drug-likeness (QED) is 0.0222. The second kappa shape index (κ2) is 74.5. The van der Waals surface area contributed by atoms with E-state index in [0.29, 0.717) is 25.7 Å². The average molecular weight is 1490 g/mol. The lowest BCUT2D eigenvalue weighted by molar-refractivity contribution is -0.161. The fourth-order valence-corrected chi connectivity index (χ4v) is 14.4. The first-order valence-corrected chi connectivity index (χ1v) is 46.0. The number of hydrogen-bond acceptors (Lipinski definition) is 15. The molecule has 606 valence electrons. The Hall–Kier alpha value is -1.94. The first kappa shape index (κ1) is 100. The van der Waals surface area contributed by atoms with E-state index in [1.54, 1.807) is 0 Å². The molecule has 0 rings (SSSR count). The van der Waals surface area contributed by atoms with Gasteiger partial charge in [-0.25, -0.2) is 9.13 Å². The molecule has 19 heteroatoms.